The summed E-state index contributed by atoms with van der Waals surface area (Å²) < 4.78 is 0. The van der Waals surface area contributed by atoms with Crippen molar-refractivity contribution in [3.05, 3.63) is 47.0 Å². The number of aliphatic hydroxyl groups is 1. The normalized spacial score (nSPS) is 10.5. The molecule has 0 radical (unpaired) electrons. The third-order valence-corrected chi connectivity index (χ3v) is 3.03. The van der Waals surface area contributed by atoms with Crippen LogP contribution in [0.1, 0.15) is 51.2 Å². The summed E-state index contributed by atoms with van der Waals surface area (Å²) in [7, 11) is 3.00. The second-order valence-electron chi connectivity index (χ2n) is 5.32. The lowest BCUT2D eigenvalue weighted by atomic mass is 10.1. The zero-order valence-corrected chi connectivity index (χ0v) is 16.2. The highest BCUT2D eigenvalue weighted by molar-refractivity contribution is 5.21. The maximum atomic E-state index is 8.70. The molecule has 1 saturated carbocycles. The summed E-state index contributed by atoms with van der Waals surface area (Å²) in [6, 6.07) is 8.01. The third-order valence-electron chi connectivity index (χ3n) is 3.03. The molecule has 0 saturated heterocycles. The van der Waals surface area contributed by atoms with Crippen LogP contribution in [0, 0.1) is 5.92 Å². The summed E-state index contributed by atoms with van der Waals surface area (Å²) in [6.07, 6.45) is 7.51. The number of nitrogens with two attached hydrogens (primary N) is 2. The minimum atomic E-state index is 0.143. The fourth-order valence-corrected chi connectivity index (χ4v) is 1.56. The minimum Gasteiger partial charge on any atom is -0.392 e. The number of hydrogen-bond acceptors (Lipinski definition) is 4. The molecule has 5 N–H and O–H groups in total. The van der Waals surface area contributed by atoms with Crippen molar-refractivity contribution >= 4 is 6.79 Å². The Labute approximate surface area is 149 Å². The third kappa shape index (κ3) is 18.6. The summed E-state index contributed by atoms with van der Waals surface area (Å²) in [4.78, 5) is 8.00. The van der Waals surface area contributed by atoms with E-state index in [0.717, 1.165) is 17.9 Å². The fraction of sp³-hybridized carbons (Fsp3) is 0.550. The van der Waals surface area contributed by atoms with Crippen LogP contribution in [-0.4, -0.2) is 26.0 Å². The van der Waals surface area contributed by atoms with Crippen molar-refractivity contribution in [3.8, 4) is 0 Å². The first-order chi connectivity index (χ1) is 11.7. The SMILES string of the molecule is C=O.CC(C)CC=C1CC1.CCc1ccc(CO)cc1.CN.CN. The molecular weight excluding hydrogens is 300 g/mol. The van der Waals surface area contributed by atoms with E-state index in [9.17, 15) is 0 Å². The number of aryl methyl sites for hydroxylation is 1. The van der Waals surface area contributed by atoms with Crippen molar-refractivity contribution in [2.24, 2.45) is 17.4 Å². The lowest BCUT2D eigenvalue weighted by Crippen LogP contribution is -1.83. The Morgan fingerprint density at radius 3 is 1.75 bits per heavy atom. The zero-order valence-electron chi connectivity index (χ0n) is 16.2. The maximum absolute atomic E-state index is 8.70. The van der Waals surface area contributed by atoms with Gasteiger partial charge in [0.05, 0.1) is 6.61 Å². The molecule has 4 nitrogen and oxygen atoms in total. The van der Waals surface area contributed by atoms with Gasteiger partial charge < -0.3 is 21.4 Å². The molecule has 1 aromatic rings. The number of carbonyl (C=O) groups is 1. The molecule has 0 aromatic heterocycles. The minimum absolute atomic E-state index is 0.143. The van der Waals surface area contributed by atoms with Crippen molar-refractivity contribution in [3.63, 3.8) is 0 Å². The van der Waals surface area contributed by atoms with Gasteiger partial charge in [0, 0.05) is 0 Å². The van der Waals surface area contributed by atoms with Crippen LogP contribution in [0.3, 0.4) is 0 Å². The Kier molecular flexibility index (Phi) is 24.5. The number of aliphatic hydroxyl groups excluding tert-OH is 1. The van der Waals surface area contributed by atoms with Gasteiger partial charge in [0.2, 0.25) is 0 Å². The van der Waals surface area contributed by atoms with Gasteiger partial charge in [-0.05, 0) is 56.8 Å². The van der Waals surface area contributed by atoms with Crippen LogP contribution in [0.5, 0.6) is 0 Å². The van der Waals surface area contributed by atoms with Gasteiger partial charge in [-0.15, -0.1) is 0 Å². The van der Waals surface area contributed by atoms with Crippen molar-refractivity contribution in [2.45, 2.75) is 53.1 Å². The highest BCUT2D eigenvalue weighted by Gasteiger charge is 2.09. The summed E-state index contributed by atoms with van der Waals surface area (Å²) in [5.41, 5.74) is 13.0. The Morgan fingerprint density at radius 1 is 1.04 bits per heavy atom. The number of allylic oxidation sites excluding steroid dienone is 2. The molecule has 1 aliphatic carbocycles. The zero-order chi connectivity index (χ0) is 19.4. The van der Waals surface area contributed by atoms with E-state index in [0.29, 0.717) is 0 Å². The molecule has 0 amide bonds. The molecular formula is C20H38N2O2. The van der Waals surface area contributed by atoms with Gasteiger partial charge in [0.1, 0.15) is 6.79 Å². The van der Waals surface area contributed by atoms with E-state index in [1.54, 1.807) is 5.57 Å². The molecule has 0 spiro atoms. The second kappa shape index (κ2) is 21.5. The van der Waals surface area contributed by atoms with Gasteiger partial charge in [-0.3, -0.25) is 0 Å². The highest BCUT2D eigenvalue weighted by atomic mass is 16.3. The van der Waals surface area contributed by atoms with E-state index >= 15 is 0 Å². The molecule has 0 heterocycles. The average molecular weight is 339 g/mol. The van der Waals surface area contributed by atoms with E-state index in [2.05, 4.69) is 38.3 Å². The van der Waals surface area contributed by atoms with E-state index in [4.69, 9.17) is 9.90 Å². The summed E-state index contributed by atoms with van der Waals surface area (Å²) in [5, 5.41) is 8.70. The van der Waals surface area contributed by atoms with Crippen LogP contribution in [0.2, 0.25) is 0 Å². The Bertz CT molecular complexity index is 358. The lowest BCUT2D eigenvalue weighted by Gasteiger charge is -1.97. The van der Waals surface area contributed by atoms with Gasteiger partial charge in [0.15, 0.2) is 0 Å². The molecule has 1 fully saturated rings. The van der Waals surface area contributed by atoms with Gasteiger partial charge in [-0.1, -0.05) is 56.7 Å². The monoisotopic (exact) mass is 338 g/mol. The van der Waals surface area contributed by atoms with Crippen LogP contribution in [0.15, 0.2) is 35.9 Å². The molecule has 0 atom stereocenters. The van der Waals surface area contributed by atoms with E-state index in [-0.39, 0.29) is 6.61 Å². The van der Waals surface area contributed by atoms with E-state index < -0.39 is 0 Å². The van der Waals surface area contributed by atoms with Crippen LogP contribution < -0.4 is 11.5 Å². The second-order valence-corrected chi connectivity index (χ2v) is 5.32. The van der Waals surface area contributed by atoms with Crippen molar-refractivity contribution < 1.29 is 9.90 Å². The Morgan fingerprint density at radius 2 is 1.46 bits per heavy atom. The van der Waals surface area contributed by atoms with Crippen molar-refractivity contribution in [2.75, 3.05) is 14.1 Å². The van der Waals surface area contributed by atoms with Gasteiger partial charge in [-0.25, -0.2) is 0 Å². The Balaban J connectivity index is -0.000000284. The van der Waals surface area contributed by atoms with Crippen molar-refractivity contribution in [1.29, 1.82) is 0 Å². The highest BCUT2D eigenvalue weighted by Crippen LogP contribution is 2.28. The van der Waals surface area contributed by atoms with E-state index in [1.165, 1.54) is 38.9 Å². The molecule has 1 aromatic carbocycles. The first-order valence-electron chi connectivity index (χ1n) is 8.46. The quantitative estimate of drug-likeness (QED) is 0.733. The number of rotatable bonds is 4. The van der Waals surface area contributed by atoms with Crippen LogP contribution in [0.4, 0.5) is 0 Å². The topological polar surface area (TPSA) is 89.3 Å². The number of benzene rings is 1. The first kappa shape index (κ1) is 27.4. The predicted octanol–water partition coefficient (Wildman–Crippen LogP) is 3.46. The predicted molar refractivity (Wildman–Crippen MR) is 106 cm³/mol. The lowest BCUT2D eigenvalue weighted by molar-refractivity contribution is -0.0979. The first-order valence-corrected chi connectivity index (χ1v) is 8.46. The largest absolute Gasteiger partial charge is 0.392 e. The van der Waals surface area contributed by atoms with Gasteiger partial charge >= 0.3 is 0 Å². The standard InChI is InChI=1S/C9H12O.C8H14.2CH5N.CH2O/c1-2-8-3-5-9(7-10)6-4-8;1-7(2)3-4-8-5-6-8;3*1-2/h3-6,10H,2,7H2,1H3;4,7H,3,5-6H2,1-2H3;2*2H2,1H3;1H2. The van der Waals surface area contributed by atoms with Crippen LogP contribution >= 0.6 is 0 Å². The Hall–Kier alpha value is -1.49. The molecule has 0 unspecified atom stereocenters. The molecule has 24 heavy (non-hydrogen) atoms. The van der Waals surface area contributed by atoms with Gasteiger partial charge in [-0.2, -0.15) is 0 Å². The molecule has 140 valence electrons. The summed E-state index contributed by atoms with van der Waals surface area (Å²) in [5.74, 6) is 0.850. The molecule has 1 aliphatic rings. The summed E-state index contributed by atoms with van der Waals surface area (Å²) in [6.45, 7) is 8.79. The number of carbonyl (C=O) groups excluding carboxylic acids is 1. The maximum Gasteiger partial charge on any atom is 0.106 e. The molecule has 0 aliphatic heterocycles. The average Bonchev–Trinajstić information content (AvgIpc) is 3.50. The van der Waals surface area contributed by atoms with E-state index in [1.807, 2.05) is 31.1 Å². The van der Waals surface area contributed by atoms with Crippen LogP contribution in [-0.2, 0) is 17.8 Å². The smallest absolute Gasteiger partial charge is 0.106 e. The fourth-order valence-electron chi connectivity index (χ4n) is 1.56. The van der Waals surface area contributed by atoms with Crippen molar-refractivity contribution in [1.82, 2.24) is 0 Å². The molecule has 4 heteroatoms. The van der Waals surface area contributed by atoms with Gasteiger partial charge in [0.25, 0.3) is 0 Å². The van der Waals surface area contributed by atoms with Crippen LogP contribution in [0.25, 0.3) is 0 Å². The molecule has 0 bridgehead atoms. The molecule has 2 rings (SSSR count). The summed E-state index contributed by atoms with van der Waals surface area (Å²) >= 11 is 0. The number of hydrogen-bond donors (Lipinski definition) is 3.